The van der Waals surface area contributed by atoms with Gasteiger partial charge in [0.2, 0.25) is 12.1 Å². The topological polar surface area (TPSA) is 102 Å². The van der Waals surface area contributed by atoms with Gasteiger partial charge in [0.15, 0.2) is 5.78 Å². The maximum absolute atomic E-state index is 13.0. The van der Waals surface area contributed by atoms with Crippen molar-refractivity contribution in [1.29, 1.82) is 0 Å². The zero-order valence-electron chi connectivity index (χ0n) is 18.1. The van der Waals surface area contributed by atoms with E-state index in [9.17, 15) is 19.2 Å². The van der Waals surface area contributed by atoms with Gasteiger partial charge in [-0.1, -0.05) is 43.0 Å². The Bertz CT molecular complexity index is 1070. The van der Waals surface area contributed by atoms with Gasteiger partial charge in [-0.3, -0.25) is 29.4 Å². The molecule has 9 heteroatoms. The molecule has 1 saturated heterocycles. The Morgan fingerprint density at radius 3 is 2.58 bits per heavy atom. The highest BCUT2D eigenvalue weighted by Gasteiger charge is 2.37. The van der Waals surface area contributed by atoms with E-state index in [1.54, 1.807) is 36.4 Å². The Hall–Kier alpha value is -3.33. The molecule has 0 saturated carbocycles. The van der Waals surface area contributed by atoms with E-state index >= 15 is 0 Å². The van der Waals surface area contributed by atoms with Crippen molar-refractivity contribution in [3.8, 4) is 11.5 Å². The number of amides is 3. The van der Waals surface area contributed by atoms with Crippen LogP contribution >= 0.6 is 11.8 Å². The van der Waals surface area contributed by atoms with Gasteiger partial charge in [0.1, 0.15) is 18.1 Å². The van der Waals surface area contributed by atoms with Crippen molar-refractivity contribution >= 4 is 34.6 Å². The van der Waals surface area contributed by atoms with E-state index in [1.165, 1.54) is 4.90 Å². The van der Waals surface area contributed by atoms with Gasteiger partial charge in [-0.05, 0) is 42.7 Å². The number of rotatable bonds is 9. The summed E-state index contributed by atoms with van der Waals surface area (Å²) in [5.74, 6) is 0.345. The van der Waals surface area contributed by atoms with Crippen LogP contribution in [0.4, 0.5) is 4.79 Å². The van der Waals surface area contributed by atoms with Gasteiger partial charge in [0.25, 0.3) is 11.1 Å². The van der Waals surface area contributed by atoms with Gasteiger partial charge >= 0.3 is 0 Å². The van der Waals surface area contributed by atoms with Gasteiger partial charge in [-0.15, -0.1) is 0 Å². The summed E-state index contributed by atoms with van der Waals surface area (Å²) < 4.78 is 11.7. The lowest BCUT2D eigenvalue weighted by atomic mass is 10.1. The number of Topliss-reactive ketones (excluding diaryl/α,β-unsaturated/α-hetero) is 1. The smallest absolute Gasteiger partial charge is 0.286 e. The van der Waals surface area contributed by atoms with Crippen LogP contribution in [0.1, 0.15) is 35.7 Å². The third-order valence-electron chi connectivity index (χ3n) is 5.38. The fraction of sp³-hybridized carbons (Fsp3) is 0.333. The molecule has 0 aromatic heterocycles. The van der Waals surface area contributed by atoms with E-state index in [2.05, 4.69) is 5.32 Å². The second kappa shape index (κ2) is 10.1. The number of hydrogen-bond acceptors (Lipinski definition) is 7. The van der Waals surface area contributed by atoms with Crippen molar-refractivity contribution < 1.29 is 28.7 Å². The fourth-order valence-electron chi connectivity index (χ4n) is 3.74. The molecule has 33 heavy (non-hydrogen) atoms. The van der Waals surface area contributed by atoms with Crippen molar-refractivity contribution in [3.63, 3.8) is 0 Å². The molecule has 1 fully saturated rings. The summed E-state index contributed by atoms with van der Waals surface area (Å²) in [6, 6.07) is 14.1. The van der Waals surface area contributed by atoms with E-state index < -0.39 is 11.5 Å². The van der Waals surface area contributed by atoms with Crippen LogP contribution < -0.4 is 14.8 Å². The van der Waals surface area contributed by atoms with Crippen molar-refractivity contribution in [1.82, 2.24) is 10.2 Å². The molecule has 2 aromatic rings. The molecule has 2 aromatic carbocycles. The largest absolute Gasteiger partial charge is 0.492 e. The predicted molar refractivity (Wildman–Crippen MR) is 122 cm³/mol. The quantitative estimate of drug-likeness (QED) is 0.603. The number of carbonyl (C=O) groups excluding carboxylic acids is 4. The van der Waals surface area contributed by atoms with Crippen LogP contribution in [0.5, 0.6) is 11.5 Å². The number of carbonyl (C=O) groups is 4. The molecular formula is C24H24N2O6S. The zero-order valence-corrected chi connectivity index (χ0v) is 18.9. The third-order valence-corrected chi connectivity index (χ3v) is 6.37. The number of ether oxygens (including phenoxy) is 2. The summed E-state index contributed by atoms with van der Waals surface area (Å²) in [6.45, 7) is 2.28. The molecular weight excluding hydrogens is 444 g/mol. The van der Waals surface area contributed by atoms with Crippen LogP contribution in [0.2, 0.25) is 0 Å². The van der Waals surface area contributed by atoms with Crippen LogP contribution in [0.15, 0.2) is 48.5 Å². The summed E-state index contributed by atoms with van der Waals surface area (Å²) in [7, 11) is 0. The minimum Gasteiger partial charge on any atom is -0.492 e. The molecule has 2 unspecified atom stereocenters. The standard InChI is InChI=1S/C24H24N2O6S/c1-2-5-18(27)23-26(22(29)17-6-3-4-7-19(17)32-23)12-13-31-16-10-8-15(9-11-16)14-20-21(28)25-24(30)33-20/h3-4,6-11,20,23H,2,5,12-14H2,1H3,(H,25,28,30). The van der Waals surface area contributed by atoms with Gasteiger partial charge < -0.3 is 9.47 Å². The molecule has 2 aliphatic rings. The summed E-state index contributed by atoms with van der Waals surface area (Å²) in [5.41, 5.74) is 1.33. The van der Waals surface area contributed by atoms with E-state index in [-0.39, 0.29) is 36.0 Å². The Kier molecular flexibility index (Phi) is 6.98. The van der Waals surface area contributed by atoms with E-state index in [1.807, 2.05) is 19.1 Å². The maximum atomic E-state index is 13.0. The van der Waals surface area contributed by atoms with E-state index in [0.717, 1.165) is 17.3 Å². The number of nitrogens with zero attached hydrogens (tertiary/aromatic N) is 1. The molecule has 4 rings (SSSR count). The van der Waals surface area contributed by atoms with Crippen LogP contribution in [0.25, 0.3) is 0 Å². The number of benzene rings is 2. The number of hydrogen-bond donors (Lipinski definition) is 1. The highest BCUT2D eigenvalue weighted by atomic mass is 32.2. The molecule has 0 aliphatic carbocycles. The summed E-state index contributed by atoms with van der Waals surface area (Å²) in [4.78, 5) is 50.1. The summed E-state index contributed by atoms with van der Waals surface area (Å²) in [6.07, 6.45) is 0.474. The number of nitrogens with one attached hydrogen (secondary N) is 1. The highest BCUT2D eigenvalue weighted by Crippen LogP contribution is 2.29. The first kappa shape index (κ1) is 22.8. The maximum Gasteiger partial charge on any atom is 0.286 e. The molecule has 2 atom stereocenters. The molecule has 0 bridgehead atoms. The number of fused-ring (bicyclic) bond motifs is 1. The van der Waals surface area contributed by atoms with Crippen LogP contribution in [0.3, 0.4) is 0 Å². The van der Waals surface area contributed by atoms with Crippen LogP contribution in [0, 0.1) is 0 Å². The molecule has 172 valence electrons. The fourth-order valence-corrected chi connectivity index (χ4v) is 4.60. The SMILES string of the molecule is CCCC(=O)C1Oc2ccccc2C(=O)N1CCOc1ccc(CC2SC(=O)NC2=O)cc1. The Labute approximate surface area is 195 Å². The van der Waals surface area contributed by atoms with Gasteiger partial charge in [0, 0.05) is 6.42 Å². The second-order valence-electron chi connectivity index (χ2n) is 7.76. The van der Waals surface area contributed by atoms with Crippen molar-refractivity contribution in [2.45, 2.75) is 37.7 Å². The zero-order chi connectivity index (χ0) is 23.4. The number of ketones is 1. The molecule has 2 aliphatic heterocycles. The van der Waals surface area contributed by atoms with E-state index in [4.69, 9.17) is 9.47 Å². The minimum absolute atomic E-state index is 0.142. The highest BCUT2D eigenvalue weighted by molar-refractivity contribution is 8.15. The van der Waals surface area contributed by atoms with E-state index in [0.29, 0.717) is 36.3 Å². The monoisotopic (exact) mass is 468 g/mol. The third kappa shape index (κ3) is 5.19. The van der Waals surface area contributed by atoms with Gasteiger partial charge in [-0.25, -0.2) is 0 Å². The average molecular weight is 469 g/mol. The Morgan fingerprint density at radius 2 is 1.88 bits per heavy atom. The molecule has 0 spiro atoms. The van der Waals surface area contributed by atoms with Gasteiger partial charge in [0.05, 0.1) is 17.4 Å². The lowest BCUT2D eigenvalue weighted by Crippen LogP contribution is -2.52. The van der Waals surface area contributed by atoms with Crippen molar-refractivity contribution in [2.75, 3.05) is 13.2 Å². The number of para-hydroxylation sites is 1. The minimum atomic E-state index is -0.962. The van der Waals surface area contributed by atoms with Gasteiger partial charge in [-0.2, -0.15) is 0 Å². The number of imide groups is 1. The predicted octanol–water partition coefficient (Wildman–Crippen LogP) is 3.19. The second-order valence-corrected chi connectivity index (χ2v) is 8.94. The summed E-state index contributed by atoms with van der Waals surface area (Å²) in [5, 5.41) is 1.54. The average Bonchev–Trinajstić information content (AvgIpc) is 3.12. The lowest BCUT2D eigenvalue weighted by molar-refractivity contribution is -0.133. The first-order chi connectivity index (χ1) is 16.0. The molecule has 3 amide bonds. The van der Waals surface area contributed by atoms with Crippen LogP contribution in [-0.4, -0.2) is 52.4 Å². The Morgan fingerprint density at radius 1 is 1.12 bits per heavy atom. The molecule has 2 heterocycles. The first-order valence-electron chi connectivity index (χ1n) is 10.8. The first-order valence-corrected chi connectivity index (χ1v) is 11.7. The molecule has 0 radical (unpaired) electrons. The van der Waals surface area contributed by atoms with Crippen molar-refractivity contribution in [2.24, 2.45) is 0 Å². The molecule has 8 nitrogen and oxygen atoms in total. The number of thioether (sulfide) groups is 1. The Balaban J connectivity index is 1.37. The summed E-state index contributed by atoms with van der Waals surface area (Å²) >= 11 is 0.996. The van der Waals surface area contributed by atoms with Crippen LogP contribution in [-0.2, 0) is 16.0 Å². The van der Waals surface area contributed by atoms with Crippen molar-refractivity contribution in [3.05, 3.63) is 59.7 Å². The normalized spacial score (nSPS) is 19.7. The molecule has 1 N–H and O–H groups in total. The lowest BCUT2D eigenvalue weighted by Gasteiger charge is -2.35.